The molecule has 0 atom stereocenters. The van der Waals surface area contributed by atoms with Crippen LogP contribution in [0.3, 0.4) is 0 Å². The highest BCUT2D eigenvalue weighted by Gasteiger charge is 2.11. The first-order valence-corrected chi connectivity index (χ1v) is 6.91. The lowest BCUT2D eigenvalue weighted by Gasteiger charge is -2.00. The molecule has 21 heavy (non-hydrogen) atoms. The summed E-state index contributed by atoms with van der Waals surface area (Å²) in [5.41, 5.74) is 2.00. The first-order chi connectivity index (χ1) is 10.2. The molecule has 0 spiro atoms. The number of H-pyrrole nitrogens is 1. The molecule has 1 aromatic carbocycles. The lowest BCUT2D eigenvalue weighted by molar-refractivity contribution is 0.102. The van der Waals surface area contributed by atoms with Crippen LogP contribution in [0, 0.1) is 0 Å². The van der Waals surface area contributed by atoms with Gasteiger partial charge in [0.15, 0.2) is 5.82 Å². The maximum atomic E-state index is 12.0. The van der Waals surface area contributed by atoms with Crippen LogP contribution in [0.5, 0.6) is 0 Å². The van der Waals surface area contributed by atoms with E-state index in [9.17, 15) is 4.79 Å². The number of hydrogen-bond donors (Lipinski definition) is 2. The van der Waals surface area contributed by atoms with E-state index in [2.05, 4.69) is 41.4 Å². The zero-order chi connectivity index (χ0) is 14.7. The molecule has 0 aliphatic rings. The summed E-state index contributed by atoms with van der Waals surface area (Å²) in [4.78, 5) is 19.7. The van der Waals surface area contributed by atoms with E-state index in [0.717, 1.165) is 15.7 Å². The van der Waals surface area contributed by atoms with Crippen LogP contribution in [0.15, 0.2) is 53.4 Å². The summed E-state index contributed by atoms with van der Waals surface area (Å²) in [5, 5.41) is 9.63. The first-order valence-electron chi connectivity index (χ1n) is 6.12. The number of aromatic amines is 1. The SMILES string of the molecule is O=C(Nc1cc(-c2ccccc2Br)[nH]n1)c1cnccn1. The number of carbonyl (C=O) groups is 1. The van der Waals surface area contributed by atoms with Crippen molar-refractivity contribution in [3.63, 3.8) is 0 Å². The van der Waals surface area contributed by atoms with Crippen LogP contribution in [0.4, 0.5) is 5.82 Å². The molecule has 0 aliphatic carbocycles. The van der Waals surface area contributed by atoms with Gasteiger partial charge < -0.3 is 5.32 Å². The molecule has 0 aliphatic heterocycles. The zero-order valence-electron chi connectivity index (χ0n) is 10.7. The largest absolute Gasteiger partial charge is 0.304 e. The zero-order valence-corrected chi connectivity index (χ0v) is 12.3. The van der Waals surface area contributed by atoms with E-state index in [4.69, 9.17) is 0 Å². The normalized spacial score (nSPS) is 10.3. The molecule has 6 nitrogen and oxygen atoms in total. The Hall–Kier alpha value is -2.54. The van der Waals surface area contributed by atoms with Gasteiger partial charge in [0.2, 0.25) is 0 Å². The number of anilines is 1. The number of nitrogens with one attached hydrogen (secondary N) is 2. The summed E-state index contributed by atoms with van der Waals surface area (Å²) < 4.78 is 0.945. The van der Waals surface area contributed by atoms with Crippen molar-refractivity contribution in [2.75, 3.05) is 5.32 Å². The van der Waals surface area contributed by atoms with Gasteiger partial charge in [-0.15, -0.1) is 0 Å². The lowest BCUT2D eigenvalue weighted by Crippen LogP contribution is -2.13. The Labute approximate surface area is 128 Å². The maximum absolute atomic E-state index is 12.0. The van der Waals surface area contributed by atoms with Gasteiger partial charge in [0.25, 0.3) is 5.91 Å². The van der Waals surface area contributed by atoms with E-state index < -0.39 is 0 Å². The van der Waals surface area contributed by atoms with Crippen LogP contribution in [0.1, 0.15) is 10.5 Å². The number of rotatable bonds is 3. The maximum Gasteiger partial charge on any atom is 0.277 e. The fourth-order valence-electron chi connectivity index (χ4n) is 1.80. The summed E-state index contributed by atoms with van der Waals surface area (Å²) in [6.45, 7) is 0. The van der Waals surface area contributed by atoms with E-state index in [0.29, 0.717) is 5.82 Å². The third-order valence-corrected chi connectivity index (χ3v) is 3.47. The molecule has 0 unspecified atom stereocenters. The number of aromatic nitrogens is 4. The van der Waals surface area contributed by atoms with Crippen molar-refractivity contribution in [2.45, 2.75) is 0 Å². The first kappa shape index (κ1) is 13.4. The topological polar surface area (TPSA) is 83.6 Å². The average Bonchev–Trinajstić information content (AvgIpc) is 2.97. The molecule has 0 fully saturated rings. The van der Waals surface area contributed by atoms with Crippen LogP contribution < -0.4 is 5.32 Å². The van der Waals surface area contributed by atoms with Gasteiger partial charge in [0.1, 0.15) is 5.69 Å². The fourth-order valence-corrected chi connectivity index (χ4v) is 2.30. The predicted octanol–water partition coefficient (Wildman–Crippen LogP) is 2.88. The summed E-state index contributed by atoms with van der Waals surface area (Å²) in [7, 11) is 0. The third kappa shape index (κ3) is 2.97. The quantitative estimate of drug-likeness (QED) is 0.765. The molecule has 3 rings (SSSR count). The number of carbonyl (C=O) groups excluding carboxylic acids is 1. The highest BCUT2D eigenvalue weighted by atomic mass is 79.9. The number of nitrogens with zero attached hydrogens (tertiary/aromatic N) is 3. The Morgan fingerprint density at radius 2 is 2.10 bits per heavy atom. The molecule has 3 aromatic rings. The minimum atomic E-state index is -0.353. The molecular formula is C14H10BrN5O. The standard InChI is InChI=1S/C14H10BrN5O/c15-10-4-2-1-3-9(10)11-7-13(20-19-11)18-14(21)12-8-16-5-6-17-12/h1-8H,(H2,18,19,20,21). The van der Waals surface area contributed by atoms with Gasteiger partial charge in [-0.2, -0.15) is 5.10 Å². The van der Waals surface area contributed by atoms with Gasteiger partial charge in [-0.25, -0.2) is 4.98 Å². The summed E-state index contributed by atoms with van der Waals surface area (Å²) >= 11 is 3.48. The number of hydrogen-bond acceptors (Lipinski definition) is 4. The molecule has 0 bridgehead atoms. The molecule has 0 radical (unpaired) electrons. The Kier molecular flexibility index (Phi) is 3.74. The van der Waals surface area contributed by atoms with Crippen molar-refractivity contribution in [1.29, 1.82) is 0 Å². The molecule has 0 saturated heterocycles. The highest BCUT2D eigenvalue weighted by Crippen LogP contribution is 2.27. The van der Waals surface area contributed by atoms with Crippen LogP contribution in [0.25, 0.3) is 11.3 Å². The second-order valence-electron chi connectivity index (χ2n) is 4.19. The summed E-state index contributed by atoms with van der Waals surface area (Å²) in [6.07, 6.45) is 4.37. The smallest absolute Gasteiger partial charge is 0.277 e. The molecular weight excluding hydrogens is 334 g/mol. The molecule has 7 heteroatoms. The van der Waals surface area contributed by atoms with Gasteiger partial charge in [0, 0.05) is 28.5 Å². The van der Waals surface area contributed by atoms with Crippen LogP contribution in [-0.4, -0.2) is 26.1 Å². The highest BCUT2D eigenvalue weighted by molar-refractivity contribution is 9.10. The summed E-state index contributed by atoms with van der Waals surface area (Å²) in [6, 6.07) is 9.51. The van der Waals surface area contributed by atoms with Crippen molar-refractivity contribution < 1.29 is 4.79 Å². The second-order valence-corrected chi connectivity index (χ2v) is 5.05. The minimum Gasteiger partial charge on any atom is -0.304 e. The van der Waals surface area contributed by atoms with Crippen molar-refractivity contribution in [1.82, 2.24) is 20.2 Å². The van der Waals surface area contributed by atoms with Crippen molar-refractivity contribution in [3.05, 3.63) is 59.1 Å². The number of benzene rings is 1. The van der Waals surface area contributed by atoms with Crippen molar-refractivity contribution >= 4 is 27.7 Å². The number of halogens is 1. The van der Waals surface area contributed by atoms with Crippen LogP contribution in [0.2, 0.25) is 0 Å². The molecule has 0 saturated carbocycles. The molecule has 2 heterocycles. The van der Waals surface area contributed by atoms with Gasteiger partial charge in [-0.3, -0.25) is 14.9 Å². The third-order valence-electron chi connectivity index (χ3n) is 2.78. The average molecular weight is 344 g/mol. The summed E-state index contributed by atoms with van der Waals surface area (Å²) in [5.74, 6) is 0.0738. The van der Waals surface area contributed by atoms with Crippen molar-refractivity contribution in [2.24, 2.45) is 0 Å². The van der Waals surface area contributed by atoms with E-state index in [-0.39, 0.29) is 11.6 Å². The Bertz CT molecular complexity index is 772. The molecule has 2 N–H and O–H groups in total. The van der Waals surface area contributed by atoms with E-state index in [1.165, 1.54) is 18.6 Å². The fraction of sp³-hybridized carbons (Fsp3) is 0. The Morgan fingerprint density at radius 3 is 2.86 bits per heavy atom. The van der Waals surface area contributed by atoms with E-state index >= 15 is 0 Å². The lowest BCUT2D eigenvalue weighted by atomic mass is 10.1. The van der Waals surface area contributed by atoms with Crippen LogP contribution >= 0.6 is 15.9 Å². The van der Waals surface area contributed by atoms with Gasteiger partial charge in [0.05, 0.1) is 11.9 Å². The van der Waals surface area contributed by atoms with Gasteiger partial charge in [-0.1, -0.05) is 34.1 Å². The van der Waals surface area contributed by atoms with Gasteiger partial charge in [-0.05, 0) is 6.07 Å². The van der Waals surface area contributed by atoms with E-state index in [1.807, 2.05) is 24.3 Å². The van der Waals surface area contributed by atoms with E-state index in [1.54, 1.807) is 6.07 Å². The number of amides is 1. The second kappa shape index (κ2) is 5.84. The molecule has 2 aromatic heterocycles. The molecule has 104 valence electrons. The van der Waals surface area contributed by atoms with Gasteiger partial charge >= 0.3 is 0 Å². The Balaban J connectivity index is 1.80. The van der Waals surface area contributed by atoms with Crippen molar-refractivity contribution in [3.8, 4) is 11.3 Å². The Morgan fingerprint density at radius 1 is 1.24 bits per heavy atom. The predicted molar refractivity (Wildman–Crippen MR) is 81.7 cm³/mol. The monoisotopic (exact) mass is 343 g/mol. The van der Waals surface area contributed by atoms with Crippen LogP contribution in [-0.2, 0) is 0 Å². The molecule has 1 amide bonds. The minimum absolute atomic E-state index is 0.239.